The molecular formula is C7H9ClOS. The summed E-state index contributed by atoms with van der Waals surface area (Å²) in [6, 6.07) is 1.91. The van der Waals surface area contributed by atoms with Gasteiger partial charge < -0.3 is 5.11 Å². The van der Waals surface area contributed by atoms with Crippen LogP contribution in [-0.2, 0) is 6.42 Å². The quantitative estimate of drug-likeness (QED) is 0.733. The molecule has 0 saturated heterocycles. The Bertz CT molecular complexity index is 219. The van der Waals surface area contributed by atoms with Crippen molar-refractivity contribution >= 4 is 22.9 Å². The van der Waals surface area contributed by atoms with Gasteiger partial charge in [-0.1, -0.05) is 11.6 Å². The number of thiophene rings is 1. The molecule has 1 nitrogen and oxygen atoms in total. The van der Waals surface area contributed by atoms with Gasteiger partial charge >= 0.3 is 0 Å². The minimum atomic E-state index is 0.202. The molecular weight excluding hydrogens is 168 g/mol. The van der Waals surface area contributed by atoms with Gasteiger partial charge in [-0.25, -0.2) is 0 Å². The van der Waals surface area contributed by atoms with E-state index in [0.717, 1.165) is 16.3 Å². The Kier molecular flexibility index (Phi) is 2.72. The minimum absolute atomic E-state index is 0.202. The van der Waals surface area contributed by atoms with Crippen LogP contribution in [0.3, 0.4) is 0 Å². The van der Waals surface area contributed by atoms with Crippen molar-refractivity contribution in [2.24, 2.45) is 0 Å². The molecule has 0 aliphatic rings. The fourth-order valence-corrected chi connectivity index (χ4v) is 2.11. The van der Waals surface area contributed by atoms with Crippen LogP contribution in [0.1, 0.15) is 10.4 Å². The Morgan fingerprint density at radius 2 is 2.40 bits per heavy atom. The van der Waals surface area contributed by atoms with Crippen LogP contribution < -0.4 is 0 Å². The van der Waals surface area contributed by atoms with E-state index in [1.165, 1.54) is 4.88 Å². The van der Waals surface area contributed by atoms with E-state index in [1.807, 2.05) is 13.0 Å². The van der Waals surface area contributed by atoms with Gasteiger partial charge in [0.2, 0.25) is 0 Å². The summed E-state index contributed by atoms with van der Waals surface area (Å²) < 4.78 is 0.806. The lowest BCUT2D eigenvalue weighted by Gasteiger charge is -1.91. The summed E-state index contributed by atoms with van der Waals surface area (Å²) in [5, 5.41) is 8.61. The number of rotatable bonds is 2. The maximum Gasteiger partial charge on any atom is 0.0933 e. The SMILES string of the molecule is Cc1sc(Cl)cc1CCO. The second kappa shape index (κ2) is 3.37. The molecule has 0 radical (unpaired) electrons. The molecule has 3 heteroatoms. The topological polar surface area (TPSA) is 20.2 Å². The van der Waals surface area contributed by atoms with Crippen LogP contribution in [0.2, 0.25) is 4.34 Å². The van der Waals surface area contributed by atoms with E-state index < -0.39 is 0 Å². The van der Waals surface area contributed by atoms with Gasteiger partial charge in [-0.2, -0.15) is 0 Å². The van der Waals surface area contributed by atoms with Gasteiger partial charge in [0.15, 0.2) is 0 Å². The summed E-state index contributed by atoms with van der Waals surface area (Å²) in [5.74, 6) is 0. The van der Waals surface area contributed by atoms with Gasteiger partial charge in [0, 0.05) is 11.5 Å². The first-order valence-corrected chi connectivity index (χ1v) is 4.29. The smallest absolute Gasteiger partial charge is 0.0933 e. The first-order chi connectivity index (χ1) is 4.74. The minimum Gasteiger partial charge on any atom is -0.396 e. The highest BCUT2D eigenvalue weighted by Gasteiger charge is 2.01. The van der Waals surface area contributed by atoms with E-state index in [-0.39, 0.29) is 6.61 Å². The maximum atomic E-state index is 8.61. The molecule has 0 aliphatic heterocycles. The third kappa shape index (κ3) is 1.72. The highest BCUT2D eigenvalue weighted by molar-refractivity contribution is 7.16. The molecule has 0 unspecified atom stereocenters. The molecule has 0 saturated carbocycles. The molecule has 0 spiro atoms. The summed E-state index contributed by atoms with van der Waals surface area (Å²) in [6.45, 7) is 2.22. The largest absolute Gasteiger partial charge is 0.396 e. The Labute approximate surface area is 69.3 Å². The van der Waals surface area contributed by atoms with Crippen molar-refractivity contribution in [3.63, 3.8) is 0 Å². The van der Waals surface area contributed by atoms with Gasteiger partial charge in [0.05, 0.1) is 4.34 Å². The zero-order valence-electron chi connectivity index (χ0n) is 5.72. The van der Waals surface area contributed by atoms with Crippen molar-refractivity contribution < 1.29 is 5.11 Å². The lowest BCUT2D eigenvalue weighted by Crippen LogP contribution is -1.88. The lowest BCUT2D eigenvalue weighted by molar-refractivity contribution is 0.299. The van der Waals surface area contributed by atoms with E-state index in [9.17, 15) is 0 Å². The van der Waals surface area contributed by atoms with Crippen LogP contribution in [0, 0.1) is 6.92 Å². The number of aliphatic hydroxyl groups excluding tert-OH is 1. The predicted octanol–water partition coefficient (Wildman–Crippen LogP) is 2.24. The van der Waals surface area contributed by atoms with E-state index in [1.54, 1.807) is 11.3 Å². The molecule has 0 amide bonds. The Balaban J connectivity index is 2.81. The second-order valence-electron chi connectivity index (χ2n) is 2.11. The molecule has 0 aliphatic carbocycles. The number of hydrogen-bond donors (Lipinski definition) is 1. The van der Waals surface area contributed by atoms with Crippen molar-refractivity contribution in [3.8, 4) is 0 Å². The molecule has 10 heavy (non-hydrogen) atoms. The van der Waals surface area contributed by atoms with Crippen LogP contribution in [0.25, 0.3) is 0 Å². The number of aliphatic hydroxyl groups is 1. The third-order valence-corrected chi connectivity index (χ3v) is 2.59. The van der Waals surface area contributed by atoms with Crippen molar-refractivity contribution in [3.05, 3.63) is 20.8 Å². The zero-order valence-corrected chi connectivity index (χ0v) is 7.30. The molecule has 0 fully saturated rings. The van der Waals surface area contributed by atoms with Crippen LogP contribution >= 0.6 is 22.9 Å². The molecule has 1 aromatic rings. The predicted molar refractivity (Wildman–Crippen MR) is 44.9 cm³/mol. The lowest BCUT2D eigenvalue weighted by atomic mass is 10.2. The first kappa shape index (κ1) is 8.05. The highest BCUT2D eigenvalue weighted by Crippen LogP contribution is 2.25. The van der Waals surface area contributed by atoms with E-state index in [0.29, 0.717) is 0 Å². The number of halogens is 1. The van der Waals surface area contributed by atoms with Crippen LogP contribution in [0.15, 0.2) is 6.07 Å². The summed E-state index contributed by atoms with van der Waals surface area (Å²) in [4.78, 5) is 1.21. The molecule has 1 rings (SSSR count). The van der Waals surface area contributed by atoms with E-state index >= 15 is 0 Å². The van der Waals surface area contributed by atoms with Gasteiger partial charge in [0.25, 0.3) is 0 Å². The average Bonchev–Trinajstić information content (AvgIpc) is 2.13. The van der Waals surface area contributed by atoms with Gasteiger partial charge in [0.1, 0.15) is 0 Å². The number of hydrogen-bond acceptors (Lipinski definition) is 2. The number of aryl methyl sites for hydroxylation is 1. The molecule has 0 bridgehead atoms. The van der Waals surface area contributed by atoms with Gasteiger partial charge in [-0.05, 0) is 25.0 Å². The second-order valence-corrected chi connectivity index (χ2v) is 3.99. The fourth-order valence-electron chi connectivity index (χ4n) is 0.849. The zero-order chi connectivity index (χ0) is 7.56. The van der Waals surface area contributed by atoms with Crippen LogP contribution in [0.5, 0.6) is 0 Å². The summed E-state index contributed by atoms with van der Waals surface area (Å²) >= 11 is 7.30. The standard InChI is InChI=1S/C7H9ClOS/c1-5-6(2-3-9)4-7(8)10-5/h4,9H,2-3H2,1H3. The van der Waals surface area contributed by atoms with Crippen molar-refractivity contribution in [1.82, 2.24) is 0 Å². The van der Waals surface area contributed by atoms with Gasteiger partial charge in [-0.3, -0.25) is 0 Å². The molecule has 0 aromatic carbocycles. The Morgan fingerprint density at radius 3 is 2.80 bits per heavy atom. The molecule has 1 heterocycles. The summed E-state index contributed by atoms with van der Waals surface area (Å²) in [7, 11) is 0. The summed E-state index contributed by atoms with van der Waals surface area (Å²) in [6.07, 6.45) is 0.717. The monoisotopic (exact) mass is 176 g/mol. The molecule has 1 N–H and O–H groups in total. The van der Waals surface area contributed by atoms with Crippen molar-refractivity contribution in [1.29, 1.82) is 0 Å². The van der Waals surface area contributed by atoms with Gasteiger partial charge in [-0.15, -0.1) is 11.3 Å². The highest BCUT2D eigenvalue weighted by atomic mass is 35.5. The fraction of sp³-hybridized carbons (Fsp3) is 0.429. The van der Waals surface area contributed by atoms with Crippen LogP contribution in [-0.4, -0.2) is 11.7 Å². The first-order valence-electron chi connectivity index (χ1n) is 3.09. The van der Waals surface area contributed by atoms with Crippen LogP contribution in [0.4, 0.5) is 0 Å². The Hall–Kier alpha value is -0.0500. The van der Waals surface area contributed by atoms with Crippen molar-refractivity contribution in [2.45, 2.75) is 13.3 Å². The Morgan fingerprint density at radius 1 is 1.70 bits per heavy atom. The summed E-state index contributed by atoms with van der Waals surface area (Å²) in [5.41, 5.74) is 1.16. The third-order valence-electron chi connectivity index (χ3n) is 1.37. The van der Waals surface area contributed by atoms with Crippen molar-refractivity contribution in [2.75, 3.05) is 6.61 Å². The average molecular weight is 177 g/mol. The molecule has 0 atom stereocenters. The maximum absolute atomic E-state index is 8.61. The molecule has 1 aromatic heterocycles. The van der Waals surface area contributed by atoms with E-state index in [2.05, 4.69) is 0 Å². The normalized spacial score (nSPS) is 10.3. The van der Waals surface area contributed by atoms with E-state index in [4.69, 9.17) is 16.7 Å². The molecule has 56 valence electrons.